The normalized spacial score (nSPS) is 12.4. The zero-order valence-electron chi connectivity index (χ0n) is 24.4. The van der Waals surface area contributed by atoms with Crippen LogP contribution in [0.3, 0.4) is 0 Å². The number of para-hydroxylation sites is 1. The van der Waals surface area contributed by atoms with Crippen molar-refractivity contribution >= 4 is 27.5 Å². The molecular weight excluding hydrogens is 541 g/mol. The summed E-state index contributed by atoms with van der Waals surface area (Å²) in [5.74, 6) is -1.22. The van der Waals surface area contributed by atoms with Crippen molar-refractivity contribution in [1.82, 2.24) is 10.2 Å². The van der Waals surface area contributed by atoms with Crippen molar-refractivity contribution in [3.63, 3.8) is 0 Å². The molecule has 0 saturated heterocycles. The van der Waals surface area contributed by atoms with Gasteiger partial charge in [-0.25, -0.2) is 12.8 Å². The van der Waals surface area contributed by atoms with Gasteiger partial charge in [0.1, 0.15) is 11.9 Å². The van der Waals surface area contributed by atoms with Gasteiger partial charge in [0.2, 0.25) is 21.8 Å². The van der Waals surface area contributed by atoms with Crippen molar-refractivity contribution in [3.05, 3.63) is 101 Å². The van der Waals surface area contributed by atoms with Gasteiger partial charge >= 0.3 is 0 Å². The van der Waals surface area contributed by atoms with Crippen LogP contribution in [0.5, 0.6) is 0 Å². The SMILES string of the molecule is Cc1ccccc1CN(C(=O)CCCN(c1ccccc1F)S(C)(=O)=O)[C@@H](Cc1ccccc1)C(=O)NC(C)(C)C. The van der Waals surface area contributed by atoms with E-state index in [9.17, 15) is 22.4 Å². The van der Waals surface area contributed by atoms with Crippen LogP contribution in [0.1, 0.15) is 50.3 Å². The van der Waals surface area contributed by atoms with Gasteiger partial charge in [-0.1, -0.05) is 66.7 Å². The smallest absolute Gasteiger partial charge is 0.243 e. The molecule has 0 aliphatic heterocycles. The lowest BCUT2D eigenvalue weighted by atomic mass is 9.99. The topological polar surface area (TPSA) is 86.8 Å². The molecule has 0 aliphatic rings. The van der Waals surface area contributed by atoms with E-state index in [1.165, 1.54) is 18.2 Å². The molecule has 0 aromatic heterocycles. The van der Waals surface area contributed by atoms with Gasteiger partial charge in [0.25, 0.3) is 0 Å². The van der Waals surface area contributed by atoms with Crippen LogP contribution in [-0.2, 0) is 32.6 Å². The number of hydrogen-bond acceptors (Lipinski definition) is 4. The van der Waals surface area contributed by atoms with Crippen molar-refractivity contribution in [3.8, 4) is 0 Å². The fourth-order valence-corrected chi connectivity index (χ4v) is 5.58. The molecule has 3 aromatic carbocycles. The van der Waals surface area contributed by atoms with E-state index in [0.29, 0.717) is 6.42 Å². The number of carbonyl (C=O) groups is 2. The van der Waals surface area contributed by atoms with Crippen molar-refractivity contribution in [2.24, 2.45) is 0 Å². The average molecular weight is 582 g/mol. The predicted molar refractivity (Wildman–Crippen MR) is 161 cm³/mol. The summed E-state index contributed by atoms with van der Waals surface area (Å²) >= 11 is 0. The minimum atomic E-state index is -3.80. The monoisotopic (exact) mass is 581 g/mol. The highest BCUT2D eigenvalue weighted by Gasteiger charge is 2.32. The minimum Gasteiger partial charge on any atom is -0.350 e. The lowest BCUT2D eigenvalue weighted by Crippen LogP contribution is -2.54. The first-order chi connectivity index (χ1) is 19.3. The van der Waals surface area contributed by atoms with E-state index in [1.54, 1.807) is 11.0 Å². The highest BCUT2D eigenvalue weighted by Crippen LogP contribution is 2.23. The van der Waals surface area contributed by atoms with Crippen LogP contribution in [0.4, 0.5) is 10.1 Å². The first kappa shape index (κ1) is 31.8. The van der Waals surface area contributed by atoms with Crippen LogP contribution in [0.25, 0.3) is 0 Å². The molecule has 0 saturated carbocycles. The molecule has 3 aromatic rings. The number of nitrogens with one attached hydrogen (secondary N) is 1. The van der Waals surface area contributed by atoms with Gasteiger partial charge in [-0.05, 0) is 62.9 Å². The van der Waals surface area contributed by atoms with Crippen LogP contribution in [0, 0.1) is 12.7 Å². The van der Waals surface area contributed by atoms with E-state index in [1.807, 2.05) is 82.3 Å². The molecule has 1 atom stereocenters. The second-order valence-electron chi connectivity index (χ2n) is 11.3. The van der Waals surface area contributed by atoms with Crippen molar-refractivity contribution in [2.75, 3.05) is 17.1 Å². The molecule has 0 unspecified atom stereocenters. The van der Waals surface area contributed by atoms with Crippen LogP contribution >= 0.6 is 0 Å². The van der Waals surface area contributed by atoms with Gasteiger partial charge < -0.3 is 10.2 Å². The lowest BCUT2D eigenvalue weighted by molar-refractivity contribution is -0.142. The van der Waals surface area contributed by atoms with E-state index in [-0.39, 0.29) is 43.4 Å². The first-order valence-electron chi connectivity index (χ1n) is 13.7. The Hall–Kier alpha value is -3.72. The largest absolute Gasteiger partial charge is 0.350 e. The average Bonchev–Trinajstić information content (AvgIpc) is 2.89. The molecule has 9 heteroatoms. The summed E-state index contributed by atoms with van der Waals surface area (Å²) in [5.41, 5.74) is 2.23. The zero-order chi connectivity index (χ0) is 30.2. The number of nitrogens with zero attached hydrogens (tertiary/aromatic N) is 2. The molecule has 2 amide bonds. The van der Waals surface area contributed by atoms with Gasteiger partial charge in [0.15, 0.2) is 0 Å². The molecule has 7 nitrogen and oxygen atoms in total. The fourth-order valence-electron chi connectivity index (χ4n) is 4.61. The maximum atomic E-state index is 14.5. The molecule has 3 rings (SSSR count). The number of anilines is 1. The Morgan fingerprint density at radius 2 is 1.54 bits per heavy atom. The van der Waals surface area contributed by atoms with Crippen molar-refractivity contribution in [1.29, 1.82) is 0 Å². The van der Waals surface area contributed by atoms with E-state index >= 15 is 0 Å². The molecule has 0 radical (unpaired) electrons. The third-order valence-electron chi connectivity index (χ3n) is 6.64. The van der Waals surface area contributed by atoms with E-state index in [4.69, 9.17) is 0 Å². The number of rotatable bonds is 12. The number of amides is 2. The third kappa shape index (κ3) is 9.42. The lowest BCUT2D eigenvalue weighted by Gasteiger charge is -2.34. The summed E-state index contributed by atoms with van der Waals surface area (Å²) in [4.78, 5) is 29.2. The molecule has 0 bridgehead atoms. The molecule has 41 heavy (non-hydrogen) atoms. The maximum Gasteiger partial charge on any atom is 0.243 e. The Morgan fingerprint density at radius 1 is 0.927 bits per heavy atom. The summed E-state index contributed by atoms with van der Waals surface area (Å²) in [7, 11) is -3.80. The van der Waals surface area contributed by atoms with Crippen molar-refractivity contribution in [2.45, 2.75) is 65.1 Å². The number of carbonyl (C=O) groups excluding carboxylic acids is 2. The van der Waals surface area contributed by atoms with Crippen LogP contribution < -0.4 is 9.62 Å². The molecule has 0 fully saturated rings. The van der Waals surface area contributed by atoms with Gasteiger partial charge in [0, 0.05) is 31.5 Å². The highest BCUT2D eigenvalue weighted by atomic mass is 32.2. The number of halogens is 1. The fraction of sp³-hybridized carbons (Fsp3) is 0.375. The third-order valence-corrected chi connectivity index (χ3v) is 7.82. The Labute approximate surface area is 243 Å². The second-order valence-corrected chi connectivity index (χ2v) is 13.2. The quantitative estimate of drug-likeness (QED) is 0.317. The summed E-state index contributed by atoms with van der Waals surface area (Å²) in [6, 6.07) is 22.1. The van der Waals surface area contributed by atoms with Gasteiger partial charge in [-0.2, -0.15) is 0 Å². The maximum absolute atomic E-state index is 14.5. The number of hydrogen-bond donors (Lipinski definition) is 1. The highest BCUT2D eigenvalue weighted by molar-refractivity contribution is 7.92. The molecular formula is C32H40FN3O4S. The van der Waals surface area contributed by atoms with Crippen LogP contribution in [0.2, 0.25) is 0 Å². The molecule has 0 aliphatic carbocycles. The predicted octanol–water partition coefficient (Wildman–Crippen LogP) is 5.24. The molecule has 0 heterocycles. The number of sulfonamides is 1. The van der Waals surface area contributed by atoms with Crippen LogP contribution in [-0.4, -0.2) is 49.5 Å². The Bertz CT molecular complexity index is 1440. The van der Waals surface area contributed by atoms with Gasteiger partial charge in [-0.3, -0.25) is 13.9 Å². The Balaban J connectivity index is 1.92. The zero-order valence-corrected chi connectivity index (χ0v) is 25.2. The van der Waals surface area contributed by atoms with Crippen LogP contribution in [0.15, 0.2) is 78.9 Å². The first-order valence-corrected chi connectivity index (χ1v) is 15.5. The summed E-state index contributed by atoms with van der Waals surface area (Å²) in [6.07, 6.45) is 1.44. The minimum absolute atomic E-state index is 0.0273. The summed E-state index contributed by atoms with van der Waals surface area (Å²) in [5, 5.41) is 3.04. The number of aryl methyl sites for hydroxylation is 1. The molecule has 220 valence electrons. The Morgan fingerprint density at radius 3 is 2.15 bits per heavy atom. The Kier molecular flexibility index (Phi) is 10.7. The van der Waals surface area contributed by atoms with E-state index < -0.39 is 27.4 Å². The molecule has 1 N–H and O–H groups in total. The number of benzene rings is 3. The second kappa shape index (κ2) is 13.8. The van der Waals surface area contributed by atoms with E-state index in [2.05, 4.69) is 5.32 Å². The standard InChI is InChI=1S/C32H40FN3O4S/c1-24-14-9-10-17-26(24)23-35(29(31(38)34-32(2,3)4)22-25-15-7-6-8-16-25)30(37)20-13-21-36(41(5,39)40)28-19-12-11-18-27(28)33/h6-12,14-19,29H,13,20-23H2,1-5H3,(H,34,38)/t29-/m0/s1. The van der Waals surface area contributed by atoms with E-state index in [0.717, 1.165) is 27.3 Å². The summed E-state index contributed by atoms with van der Waals surface area (Å²) in [6.45, 7) is 7.75. The summed E-state index contributed by atoms with van der Waals surface area (Å²) < 4.78 is 40.5. The van der Waals surface area contributed by atoms with Gasteiger partial charge in [0.05, 0.1) is 11.9 Å². The molecule has 0 spiro atoms. The van der Waals surface area contributed by atoms with Gasteiger partial charge in [-0.15, -0.1) is 0 Å². The van der Waals surface area contributed by atoms with Crippen molar-refractivity contribution < 1.29 is 22.4 Å².